The van der Waals surface area contributed by atoms with Crippen LogP contribution >= 0.6 is 11.8 Å². The Kier molecular flexibility index (Phi) is 6.59. The number of alkyl halides is 3. The molecule has 0 fully saturated rings. The summed E-state index contributed by atoms with van der Waals surface area (Å²) in [5.74, 6) is 4.59. The minimum Gasteiger partial charge on any atom is -0.384 e. The first-order valence-electron chi connectivity index (χ1n) is 6.03. The number of rotatable bonds is 4. The Balaban J connectivity index is 2.57. The largest absolute Gasteiger partial charge is 0.441 e. The second-order valence-electron chi connectivity index (χ2n) is 4.04. The number of nitrogens with one attached hydrogen (secondary N) is 1. The predicted octanol–water partition coefficient (Wildman–Crippen LogP) is 2.32. The van der Waals surface area contributed by atoms with E-state index in [1.54, 1.807) is 25.1 Å². The van der Waals surface area contributed by atoms with Crippen molar-refractivity contribution < 1.29 is 23.1 Å². The monoisotopic (exact) mass is 317 g/mol. The van der Waals surface area contributed by atoms with Gasteiger partial charge in [-0.25, -0.2) is 0 Å². The molecule has 0 aliphatic rings. The lowest BCUT2D eigenvalue weighted by molar-refractivity contribution is -0.0327. The van der Waals surface area contributed by atoms with Crippen molar-refractivity contribution in [2.75, 3.05) is 18.9 Å². The molecule has 0 aliphatic heterocycles. The van der Waals surface area contributed by atoms with Gasteiger partial charge in [0.15, 0.2) is 0 Å². The van der Waals surface area contributed by atoms with E-state index in [2.05, 4.69) is 17.2 Å². The van der Waals surface area contributed by atoms with E-state index in [4.69, 9.17) is 5.11 Å². The summed E-state index contributed by atoms with van der Waals surface area (Å²) < 4.78 is 35.8. The Morgan fingerprint density at radius 3 is 2.71 bits per heavy atom. The van der Waals surface area contributed by atoms with Gasteiger partial charge < -0.3 is 10.4 Å². The van der Waals surface area contributed by atoms with E-state index in [-0.39, 0.29) is 30.7 Å². The second kappa shape index (κ2) is 7.96. The van der Waals surface area contributed by atoms with Crippen molar-refractivity contribution >= 4 is 17.7 Å². The molecule has 0 unspecified atom stereocenters. The first-order chi connectivity index (χ1) is 9.83. The van der Waals surface area contributed by atoms with Crippen molar-refractivity contribution in [1.82, 2.24) is 5.32 Å². The van der Waals surface area contributed by atoms with Gasteiger partial charge in [-0.2, -0.15) is 13.2 Å². The van der Waals surface area contributed by atoms with Crippen molar-refractivity contribution in [2.24, 2.45) is 0 Å². The lowest BCUT2D eigenvalue weighted by atomic mass is 10.0. The Morgan fingerprint density at radius 1 is 1.43 bits per heavy atom. The molecule has 0 aliphatic carbocycles. The summed E-state index contributed by atoms with van der Waals surface area (Å²) in [6.07, 6.45) is 0. The molecule has 1 aromatic rings. The van der Waals surface area contributed by atoms with Crippen LogP contribution in [0, 0.1) is 18.8 Å². The molecule has 0 saturated heterocycles. The number of amides is 1. The second-order valence-corrected chi connectivity index (χ2v) is 5.20. The number of halogens is 3. The van der Waals surface area contributed by atoms with Gasteiger partial charge in [0.2, 0.25) is 0 Å². The maximum Gasteiger partial charge on any atom is 0.441 e. The van der Waals surface area contributed by atoms with E-state index < -0.39 is 11.4 Å². The molecule has 1 rings (SSSR count). The highest BCUT2D eigenvalue weighted by molar-refractivity contribution is 8.00. The van der Waals surface area contributed by atoms with Gasteiger partial charge in [0, 0.05) is 23.4 Å². The standard InChI is InChI=1S/C14H14F3NO2S/c1-10-9-12(5-4-11(10)3-2-7-19)13(20)18-6-8-21-14(15,16)17/h4-5,9,19H,6-8H2,1H3,(H,18,20). The molecule has 0 bridgehead atoms. The smallest absolute Gasteiger partial charge is 0.384 e. The fraction of sp³-hybridized carbons (Fsp3) is 0.357. The zero-order valence-corrected chi connectivity index (χ0v) is 12.1. The molecule has 0 spiro atoms. The van der Waals surface area contributed by atoms with Crippen LogP contribution in [0.1, 0.15) is 21.5 Å². The summed E-state index contributed by atoms with van der Waals surface area (Å²) in [4.78, 5) is 11.8. The van der Waals surface area contributed by atoms with Gasteiger partial charge in [-0.05, 0) is 42.4 Å². The molecule has 0 aromatic heterocycles. The number of carbonyl (C=O) groups excluding carboxylic acids is 1. The fourth-order valence-electron chi connectivity index (χ4n) is 1.51. The number of carbonyl (C=O) groups is 1. The molecule has 7 heteroatoms. The minimum atomic E-state index is -4.28. The van der Waals surface area contributed by atoms with Gasteiger partial charge in [-0.15, -0.1) is 0 Å². The minimum absolute atomic E-state index is 0.0614. The average molecular weight is 317 g/mol. The third kappa shape index (κ3) is 6.56. The lowest BCUT2D eigenvalue weighted by Gasteiger charge is -2.08. The van der Waals surface area contributed by atoms with Crippen LogP contribution in [-0.2, 0) is 0 Å². The number of aliphatic hydroxyl groups is 1. The van der Waals surface area contributed by atoms with E-state index in [0.29, 0.717) is 11.1 Å². The Hall–Kier alpha value is -1.65. The van der Waals surface area contributed by atoms with Gasteiger partial charge in [0.05, 0.1) is 0 Å². The molecule has 1 aromatic carbocycles. The SMILES string of the molecule is Cc1cc(C(=O)NCCSC(F)(F)F)ccc1C#CCO. The quantitative estimate of drug-likeness (QED) is 0.662. The van der Waals surface area contributed by atoms with Crippen LogP contribution in [0.5, 0.6) is 0 Å². The first-order valence-corrected chi connectivity index (χ1v) is 7.01. The average Bonchev–Trinajstić information content (AvgIpc) is 2.41. The number of thioether (sulfide) groups is 1. The highest BCUT2D eigenvalue weighted by Gasteiger charge is 2.27. The molecular weight excluding hydrogens is 303 g/mol. The van der Waals surface area contributed by atoms with Crippen molar-refractivity contribution in [3.05, 3.63) is 34.9 Å². The van der Waals surface area contributed by atoms with Crippen LogP contribution in [0.3, 0.4) is 0 Å². The maximum absolute atomic E-state index is 11.9. The van der Waals surface area contributed by atoms with Gasteiger partial charge in [0.25, 0.3) is 5.91 Å². The molecule has 3 nitrogen and oxygen atoms in total. The van der Waals surface area contributed by atoms with Crippen LogP contribution in [0.2, 0.25) is 0 Å². The number of hydrogen-bond donors (Lipinski definition) is 2. The topological polar surface area (TPSA) is 49.3 Å². The van der Waals surface area contributed by atoms with Gasteiger partial charge in [0.1, 0.15) is 6.61 Å². The summed E-state index contributed by atoms with van der Waals surface area (Å²) >= 11 is -0.171. The van der Waals surface area contributed by atoms with Crippen molar-refractivity contribution in [3.8, 4) is 11.8 Å². The third-order valence-electron chi connectivity index (χ3n) is 2.44. The maximum atomic E-state index is 11.9. The molecule has 0 radical (unpaired) electrons. The molecule has 21 heavy (non-hydrogen) atoms. The number of benzene rings is 1. The Labute approximate surface area is 124 Å². The van der Waals surface area contributed by atoms with E-state index in [1.165, 1.54) is 0 Å². The molecule has 0 atom stereocenters. The summed E-state index contributed by atoms with van der Waals surface area (Å²) in [7, 11) is 0. The molecule has 2 N–H and O–H groups in total. The van der Waals surface area contributed by atoms with E-state index in [9.17, 15) is 18.0 Å². The Morgan fingerprint density at radius 2 is 2.14 bits per heavy atom. The van der Waals surface area contributed by atoms with Crippen LogP contribution < -0.4 is 5.32 Å². The van der Waals surface area contributed by atoms with Crippen LogP contribution in [0.15, 0.2) is 18.2 Å². The van der Waals surface area contributed by atoms with Gasteiger partial charge in [-0.1, -0.05) is 11.8 Å². The van der Waals surface area contributed by atoms with E-state index in [0.717, 1.165) is 5.56 Å². The van der Waals surface area contributed by atoms with Crippen molar-refractivity contribution in [1.29, 1.82) is 0 Å². The fourth-order valence-corrected chi connectivity index (χ4v) is 1.95. The zero-order valence-electron chi connectivity index (χ0n) is 11.3. The van der Waals surface area contributed by atoms with E-state index >= 15 is 0 Å². The number of aliphatic hydroxyl groups excluding tert-OH is 1. The Bertz CT molecular complexity index is 562. The molecule has 0 heterocycles. The highest BCUT2D eigenvalue weighted by Crippen LogP contribution is 2.29. The summed E-state index contributed by atoms with van der Waals surface area (Å²) in [5, 5.41) is 11.0. The van der Waals surface area contributed by atoms with Gasteiger partial charge in [-0.3, -0.25) is 4.79 Å². The van der Waals surface area contributed by atoms with E-state index in [1.807, 2.05) is 0 Å². The van der Waals surface area contributed by atoms with Crippen LogP contribution in [-0.4, -0.2) is 35.4 Å². The summed E-state index contributed by atoms with van der Waals surface area (Å²) in [6, 6.07) is 4.78. The summed E-state index contributed by atoms with van der Waals surface area (Å²) in [6.45, 7) is 1.45. The highest BCUT2D eigenvalue weighted by atomic mass is 32.2. The molecular formula is C14H14F3NO2S. The van der Waals surface area contributed by atoms with Crippen LogP contribution in [0.4, 0.5) is 13.2 Å². The number of aryl methyl sites for hydroxylation is 1. The zero-order chi connectivity index (χ0) is 15.9. The van der Waals surface area contributed by atoms with Crippen LogP contribution in [0.25, 0.3) is 0 Å². The lowest BCUT2D eigenvalue weighted by Crippen LogP contribution is -2.26. The number of hydrogen-bond acceptors (Lipinski definition) is 3. The molecule has 1 amide bonds. The molecule has 114 valence electrons. The first kappa shape index (κ1) is 17.4. The third-order valence-corrected chi connectivity index (χ3v) is 3.18. The normalized spacial score (nSPS) is 10.7. The van der Waals surface area contributed by atoms with Gasteiger partial charge >= 0.3 is 5.51 Å². The predicted molar refractivity (Wildman–Crippen MR) is 76.0 cm³/mol. The van der Waals surface area contributed by atoms with Crippen molar-refractivity contribution in [2.45, 2.75) is 12.4 Å². The summed E-state index contributed by atoms with van der Waals surface area (Å²) in [5.41, 5.74) is -2.48. The van der Waals surface area contributed by atoms with Crippen molar-refractivity contribution in [3.63, 3.8) is 0 Å². The molecule has 0 saturated carbocycles.